The second kappa shape index (κ2) is 9.72. The van der Waals surface area contributed by atoms with E-state index in [4.69, 9.17) is 25.1 Å². The van der Waals surface area contributed by atoms with Crippen molar-refractivity contribution in [2.75, 3.05) is 19.8 Å². The largest absolute Gasteiger partial charge is 0.494 e. The van der Waals surface area contributed by atoms with E-state index in [1.54, 1.807) is 24.3 Å². The van der Waals surface area contributed by atoms with Crippen molar-refractivity contribution < 1.29 is 19.4 Å². The van der Waals surface area contributed by atoms with Gasteiger partial charge >= 0.3 is 0 Å². The summed E-state index contributed by atoms with van der Waals surface area (Å²) in [5.74, 6) is 0.885. The van der Waals surface area contributed by atoms with Crippen molar-refractivity contribution in [2.24, 2.45) is 10.1 Å². The molecule has 2 aromatic carbocycles. The highest BCUT2D eigenvalue weighted by Gasteiger charge is 2.46. The Balaban J connectivity index is 1.60. The zero-order valence-corrected chi connectivity index (χ0v) is 17.6. The van der Waals surface area contributed by atoms with E-state index < -0.39 is 5.54 Å². The summed E-state index contributed by atoms with van der Waals surface area (Å²) in [6.07, 6.45) is 2.75. The Bertz CT molecular complexity index is 1040. The van der Waals surface area contributed by atoms with Gasteiger partial charge in [0.05, 0.1) is 6.61 Å². The average molecular weight is 435 g/mol. The molecule has 0 bridgehead atoms. The first-order valence-corrected chi connectivity index (χ1v) is 10.6. The first-order valence-electron chi connectivity index (χ1n) is 10.6. The van der Waals surface area contributed by atoms with E-state index in [2.05, 4.69) is 15.3 Å². The minimum absolute atomic E-state index is 0.0799. The number of hydrogen-bond acceptors (Lipinski definition) is 6. The number of aliphatic imine (C=N–C) groups is 1. The van der Waals surface area contributed by atoms with Gasteiger partial charge in [-0.15, -0.1) is 0 Å². The van der Waals surface area contributed by atoms with E-state index in [0.717, 1.165) is 24.0 Å². The molecule has 32 heavy (non-hydrogen) atoms. The first kappa shape index (κ1) is 21.7. The monoisotopic (exact) mass is 435 g/mol. The number of ether oxygens (including phenoxy) is 2. The van der Waals surface area contributed by atoms with Gasteiger partial charge in [0.25, 0.3) is 5.91 Å². The fraction of sp³-hybridized carbons (Fsp3) is 0.391. The van der Waals surface area contributed by atoms with E-state index in [1.807, 2.05) is 24.3 Å². The van der Waals surface area contributed by atoms with Gasteiger partial charge in [0.15, 0.2) is 5.54 Å². The van der Waals surface area contributed by atoms with Crippen LogP contribution in [-0.4, -0.2) is 48.3 Å². The standard InChI is InChI=1S/C23H25N5O4/c24-28-27-20-5-2-1-4-17(20)14-23(22(30)25-18-8-9-18)15-32-21(26-23)16-6-10-19(11-7-16)31-13-3-12-29/h1-2,4-7,10-11,18,29H,3,8-9,12-15H2,(H,25,30)/t23-/m1/s1. The molecule has 0 spiro atoms. The van der Waals surface area contributed by atoms with Crippen molar-refractivity contribution in [2.45, 2.75) is 37.3 Å². The van der Waals surface area contributed by atoms with Gasteiger partial charge < -0.3 is 19.9 Å². The summed E-state index contributed by atoms with van der Waals surface area (Å²) in [6, 6.07) is 14.6. The van der Waals surface area contributed by atoms with Crippen LogP contribution in [-0.2, 0) is 16.0 Å². The lowest BCUT2D eigenvalue weighted by atomic mass is 9.90. The van der Waals surface area contributed by atoms with Gasteiger partial charge in [0, 0.05) is 41.7 Å². The molecule has 1 fully saturated rings. The van der Waals surface area contributed by atoms with Crippen molar-refractivity contribution >= 4 is 17.5 Å². The van der Waals surface area contributed by atoms with Crippen LogP contribution in [0.3, 0.4) is 0 Å². The number of amides is 1. The lowest BCUT2D eigenvalue weighted by Crippen LogP contribution is -2.49. The van der Waals surface area contributed by atoms with Crippen LogP contribution in [0.2, 0.25) is 0 Å². The summed E-state index contributed by atoms with van der Waals surface area (Å²) < 4.78 is 11.5. The van der Waals surface area contributed by atoms with Gasteiger partial charge in [0.2, 0.25) is 5.90 Å². The number of aliphatic hydroxyl groups is 1. The maximum atomic E-state index is 13.2. The molecule has 1 heterocycles. The summed E-state index contributed by atoms with van der Waals surface area (Å²) in [6.45, 7) is 0.610. The van der Waals surface area contributed by atoms with Crippen molar-refractivity contribution in [3.8, 4) is 5.75 Å². The summed E-state index contributed by atoms with van der Waals surface area (Å²) in [5, 5.41) is 15.7. The normalized spacial score (nSPS) is 19.5. The smallest absolute Gasteiger partial charge is 0.252 e. The second-order valence-corrected chi connectivity index (χ2v) is 7.93. The molecule has 2 aliphatic rings. The number of nitrogens with one attached hydrogen (secondary N) is 1. The number of rotatable bonds is 10. The van der Waals surface area contributed by atoms with Gasteiger partial charge in [-0.1, -0.05) is 29.4 Å². The predicted molar refractivity (Wildman–Crippen MR) is 119 cm³/mol. The van der Waals surface area contributed by atoms with E-state index >= 15 is 0 Å². The van der Waals surface area contributed by atoms with Crippen molar-refractivity contribution in [3.05, 3.63) is 70.1 Å². The van der Waals surface area contributed by atoms with Crippen LogP contribution in [0.5, 0.6) is 5.75 Å². The highest BCUT2D eigenvalue weighted by molar-refractivity contribution is 6.00. The van der Waals surface area contributed by atoms with Crippen LogP contribution in [0.15, 0.2) is 58.6 Å². The Morgan fingerprint density at radius 2 is 2.06 bits per heavy atom. The Morgan fingerprint density at radius 3 is 2.78 bits per heavy atom. The Hall–Kier alpha value is -3.55. The lowest BCUT2D eigenvalue weighted by Gasteiger charge is -2.24. The van der Waals surface area contributed by atoms with Crippen LogP contribution < -0.4 is 10.1 Å². The number of carbonyl (C=O) groups excluding carboxylic acids is 1. The molecule has 0 unspecified atom stereocenters. The molecule has 2 N–H and O–H groups in total. The Labute approximate surface area is 185 Å². The van der Waals surface area contributed by atoms with Gasteiger partial charge in [-0.25, -0.2) is 4.99 Å². The molecule has 4 rings (SSSR count). The van der Waals surface area contributed by atoms with E-state index in [-0.39, 0.29) is 31.6 Å². The molecule has 0 aromatic heterocycles. The summed E-state index contributed by atoms with van der Waals surface area (Å²) in [7, 11) is 0. The molecule has 0 radical (unpaired) electrons. The number of nitrogens with zero attached hydrogens (tertiary/aromatic N) is 4. The van der Waals surface area contributed by atoms with Gasteiger partial charge in [-0.3, -0.25) is 4.79 Å². The third kappa shape index (κ3) is 5.01. The highest BCUT2D eigenvalue weighted by atomic mass is 16.5. The number of benzene rings is 2. The molecule has 1 amide bonds. The maximum Gasteiger partial charge on any atom is 0.252 e. The molecule has 1 aliphatic heterocycles. The molecule has 1 saturated carbocycles. The number of hydrogen-bond donors (Lipinski definition) is 2. The maximum absolute atomic E-state index is 13.2. The third-order valence-electron chi connectivity index (χ3n) is 5.40. The van der Waals surface area contributed by atoms with Crippen molar-refractivity contribution in [1.82, 2.24) is 5.32 Å². The fourth-order valence-corrected chi connectivity index (χ4v) is 3.50. The molecule has 0 saturated heterocycles. The predicted octanol–water partition coefficient (Wildman–Crippen LogP) is 3.43. The molecule has 166 valence electrons. The minimum atomic E-state index is -1.14. The van der Waals surface area contributed by atoms with E-state index in [9.17, 15) is 4.79 Å². The Morgan fingerprint density at radius 1 is 1.28 bits per heavy atom. The zero-order chi connectivity index (χ0) is 22.4. The van der Waals surface area contributed by atoms with E-state index in [1.165, 1.54) is 0 Å². The summed E-state index contributed by atoms with van der Waals surface area (Å²) >= 11 is 0. The molecule has 9 nitrogen and oxygen atoms in total. The molecule has 9 heteroatoms. The molecule has 1 aliphatic carbocycles. The van der Waals surface area contributed by atoms with Crippen molar-refractivity contribution in [3.63, 3.8) is 0 Å². The molecular formula is C23H25N5O4. The average Bonchev–Trinajstić information content (AvgIpc) is 3.52. The van der Waals surface area contributed by atoms with Crippen molar-refractivity contribution in [1.29, 1.82) is 0 Å². The number of azide groups is 1. The first-order chi connectivity index (χ1) is 15.6. The Kier molecular flexibility index (Phi) is 6.58. The van der Waals surface area contributed by atoms with Gasteiger partial charge in [0.1, 0.15) is 12.4 Å². The lowest BCUT2D eigenvalue weighted by molar-refractivity contribution is -0.126. The van der Waals surface area contributed by atoms with E-state index in [0.29, 0.717) is 30.4 Å². The van der Waals surface area contributed by atoms with Crippen LogP contribution in [0, 0.1) is 0 Å². The minimum Gasteiger partial charge on any atom is -0.494 e. The quantitative estimate of drug-likeness (QED) is 0.256. The van der Waals surface area contributed by atoms with Crippen LogP contribution in [0.4, 0.5) is 5.69 Å². The summed E-state index contributed by atoms with van der Waals surface area (Å²) in [5.41, 5.74) is 9.69. The van der Waals surface area contributed by atoms with Crippen LogP contribution in [0.25, 0.3) is 10.4 Å². The highest BCUT2D eigenvalue weighted by Crippen LogP contribution is 2.32. The number of aliphatic hydroxyl groups excluding tert-OH is 1. The molecule has 1 atom stereocenters. The fourth-order valence-electron chi connectivity index (χ4n) is 3.50. The van der Waals surface area contributed by atoms with Gasteiger partial charge in [-0.05, 0) is 48.2 Å². The van der Waals surface area contributed by atoms with Crippen LogP contribution >= 0.6 is 0 Å². The van der Waals surface area contributed by atoms with Gasteiger partial charge in [-0.2, -0.15) is 0 Å². The molecule has 2 aromatic rings. The second-order valence-electron chi connectivity index (χ2n) is 7.93. The topological polar surface area (TPSA) is 129 Å². The SMILES string of the molecule is [N-]=[N+]=Nc1ccccc1C[C@]1(C(=O)NC2CC2)COC(c2ccc(OCCCO)cc2)=N1. The number of carbonyl (C=O) groups is 1. The zero-order valence-electron chi connectivity index (χ0n) is 17.6. The third-order valence-corrected chi connectivity index (χ3v) is 5.40. The summed E-state index contributed by atoms with van der Waals surface area (Å²) in [4.78, 5) is 20.9. The van der Waals surface area contributed by atoms with Crippen LogP contribution in [0.1, 0.15) is 30.4 Å². The molecular weight excluding hydrogens is 410 g/mol.